The van der Waals surface area contributed by atoms with Crippen molar-refractivity contribution in [1.29, 1.82) is 0 Å². The minimum absolute atomic E-state index is 0.104. The van der Waals surface area contributed by atoms with E-state index in [1.54, 1.807) is 13.8 Å². The van der Waals surface area contributed by atoms with E-state index in [0.29, 0.717) is 5.75 Å². The molecule has 0 aliphatic carbocycles. The van der Waals surface area contributed by atoms with Crippen LogP contribution in [-0.2, 0) is 6.18 Å². The van der Waals surface area contributed by atoms with Crippen LogP contribution in [0.4, 0.5) is 13.2 Å². The summed E-state index contributed by atoms with van der Waals surface area (Å²) >= 11 is 0. The summed E-state index contributed by atoms with van der Waals surface area (Å²) in [6, 6.07) is 3.16. The average Bonchev–Trinajstić information content (AvgIpc) is 2.15. The van der Waals surface area contributed by atoms with E-state index in [0.717, 1.165) is 12.1 Å². The van der Waals surface area contributed by atoms with E-state index in [2.05, 4.69) is 0 Å². The summed E-state index contributed by atoms with van der Waals surface area (Å²) in [5, 5.41) is 0. The van der Waals surface area contributed by atoms with E-state index in [-0.39, 0.29) is 11.9 Å². The molecule has 0 saturated heterocycles. The lowest BCUT2D eigenvalue weighted by molar-refractivity contribution is -0.137. The van der Waals surface area contributed by atoms with Crippen LogP contribution in [-0.4, -0.2) is 13.2 Å². The minimum Gasteiger partial charge on any atom is -0.493 e. The molecular weight excluding hydrogens is 221 g/mol. The Hall–Kier alpha value is -1.39. The van der Waals surface area contributed by atoms with Gasteiger partial charge in [0, 0.05) is 0 Å². The lowest BCUT2D eigenvalue weighted by atomic mass is 10.2. The van der Waals surface area contributed by atoms with Crippen molar-refractivity contribution in [1.82, 2.24) is 0 Å². The SMILES string of the molecule is COc1ccc(C(F)(F)F)cc1OC(C)C. The van der Waals surface area contributed by atoms with Gasteiger partial charge in [-0.3, -0.25) is 0 Å². The molecule has 0 bridgehead atoms. The summed E-state index contributed by atoms with van der Waals surface area (Å²) < 4.78 is 47.5. The van der Waals surface area contributed by atoms with Crippen molar-refractivity contribution >= 4 is 0 Å². The average molecular weight is 234 g/mol. The predicted octanol–water partition coefficient (Wildman–Crippen LogP) is 3.50. The normalized spacial score (nSPS) is 11.7. The van der Waals surface area contributed by atoms with Gasteiger partial charge in [-0.1, -0.05) is 0 Å². The molecule has 1 aromatic rings. The Bertz CT molecular complexity index is 359. The Morgan fingerprint density at radius 2 is 1.75 bits per heavy atom. The number of halogens is 3. The predicted molar refractivity (Wildman–Crippen MR) is 53.8 cm³/mol. The maximum Gasteiger partial charge on any atom is 0.416 e. The summed E-state index contributed by atoms with van der Waals surface area (Å²) in [5.41, 5.74) is -0.746. The zero-order chi connectivity index (χ0) is 12.3. The van der Waals surface area contributed by atoms with Gasteiger partial charge < -0.3 is 9.47 Å². The third-order valence-electron chi connectivity index (χ3n) is 1.85. The van der Waals surface area contributed by atoms with Crippen LogP contribution in [0.15, 0.2) is 18.2 Å². The Balaban J connectivity index is 3.11. The standard InChI is InChI=1S/C11H13F3O2/c1-7(2)16-10-6-8(11(12,13)14)4-5-9(10)15-3/h4-7H,1-3H3. The van der Waals surface area contributed by atoms with Crippen molar-refractivity contribution in [3.05, 3.63) is 23.8 Å². The summed E-state index contributed by atoms with van der Waals surface area (Å²) in [5.74, 6) is 0.397. The van der Waals surface area contributed by atoms with Crippen molar-refractivity contribution in [2.45, 2.75) is 26.1 Å². The molecule has 1 rings (SSSR count). The van der Waals surface area contributed by atoms with Crippen LogP contribution in [0.3, 0.4) is 0 Å². The van der Waals surface area contributed by atoms with Crippen molar-refractivity contribution < 1.29 is 22.6 Å². The fourth-order valence-corrected chi connectivity index (χ4v) is 1.20. The Kier molecular flexibility index (Phi) is 3.67. The molecule has 0 N–H and O–H groups in total. The van der Waals surface area contributed by atoms with Gasteiger partial charge in [-0.2, -0.15) is 13.2 Å². The number of hydrogen-bond donors (Lipinski definition) is 0. The Labute approximate surface area is 92.0 Å². The number of alkyl halides is 3. The van der Waals surface area contributed by atoms with Crippen LogP contribution in [0.5, 0.6) is 11.5 Å². The van der Waals surface area contributed by atoms with E-state index in [9.17, 15) is 13.2 Å². The van der Waals surface area contributed by atoms with Gasteiger partial charge in [0.2, 0.25) is 0 Å². The van der Waals surface area contributed by atoms with Crippen molar-refractivity contribution in [3.8, 4) is 11.5 Å². The van der Waals surface area contributed by atoms with Gasteiger partial charge in [0.15, 0.2) is 11.5 Å². The molecule has 0 aromatic heterocycles. The molecule has 5 heteroatoms. The van der Waals surface area contributed by atoms with E-state index < -0.39 is 11.7 Å². The van der Waals surface area contributed by atoms with E-state index >= 15 is 0 Å². The van der Waals surface area contributed by atoms with Crippen LogP contribution >= 0.6 is 0 Å². The highest BCUT2D eigenvalue weighted by atomic mass is 19.4. The third kappa shape index (κ3) is 3.05. The molecule has 2 nitrogen and oxygen atoms in total. The molecule has 0 amide bonds. The third-order valence-corrected chi connectivity index (χ3v) is 1.85. The lowest BCUT2D eigenvalue weighted by Crippen LogP contribution is -2.09. The molecule has 0 aliphatic heterocycles. The van der Waals surface area contributed by atoms with E-state index in [1.165, 1.54) is 13.2 Å². The van der Waals surface area contributed by atoms with Crippen LogP contribution in [0.1, 0.15) is 19.4 Å². The zero-order valence-electron chi connectivity index (χ0n) is 9.26. The summed E-state index contributed by atoms with van der Waals surface area (Å²) in [4.78, 5) is 0. The highest BCUT2D eigenvalue weighted by Crippen LogP contribution is 2.36. The number of ether oxygens (including phenoxy) is 2. The highest BCUT2D eigenvalue weighted by Gasteiger charge is 2.31. The largest absolute Gasteiger partial charge is 0.493 e. The molecule has 0 saturated carbocycles. The molecule has 0 heterocycles. The second-order valence-corrected chi connectivity index (χ2v) is 3.53. The van der Waals surface area contributed by atoms with Gasteiger partial charge in [-0.15, -0.1) is 0 Å². The maximum atomic E-state index is 12.4. The first kappa shape index (κ1) is 12.7. The Morgan fingerprint density at radius 3 is 2.19 bits per heavy atom. The van der Waals surface area contributed by atoms with Gasteiger partial charge >= 0.3 is 6.18 Å². The number of rotatable bonds is 3. The van der Waals surface area contributed by atoms with Crippen LogP contribution in [0.2, 0.25) is 0 Å². The van der Waals surface area contributed by atoms with Gasteiger partial charge in [0.1, 0.15) is 0 Å². The summed E-state index contributed by atoms with van der Waals surface area (Å²) in [7, 11) is 1.38. The number of hydrogen-bond acceptors (Lipinski definition) is 2. The van der Waals surface area contributed by atoms with Crippen molar-refractivity contribution in [2.75, 3.05) is 7.11 Å². The summed E-state index contributed by atoms with van der Waals surface area (Å²) in [6.07, 6.45) is -4.58. The topological polar surface area (TPSA) is 18.5 Å². The monoisotopic (exact) mass is 234 g/mol. The van der Waals surface area contributed by atoms with Crippen LogP contribution in [0.25, 0.3) is 0 Å². The van der Waals surface area contributed by atoms with E-state index in [1.807, 2.05) is 0 Å². The molecule has 0 spiro atoms. The van der Waals surface area contributed by atoms with Crippen LogP contribution in [0, 0.1) is 0 Å². The number of methoxy groups -OCH3 is 1. The van der Waals surface area contributed by atoms with Crippen LogP contribution < -0.4 is 9.47 Å². The first-order chi connectivity index (χ1) is 7.34. The first-order valence-corrected chi connectivity index (χ1v) is 4.76. The fraction of sp³-hybridized carbons (Fsp3) is 0.455. The smallest absolute Gasteiger partial charge is 0.416 e. The second-order valence-electron chi connectivity index (χ2n) is 3.53. The van der Waals surface area contributed by atoms with Crippen molar-refractivity contribution in [3.63, 3.8) is 0 Å². The minimum atomic E-state index is -4.37. The van der Waals surface area contributed by atoms with Crippen molar-refractivity contribution in [2.24, 2.45) is 0 Å². The molecule has 0 atom stereocenters. The van der Waals surface area contributed by atoms with Gasteiger partial charge in [-0.25, -0.2) is 0 Å². The van der Waals surface area contributed by atoms with Gasteiger partial charge in [0.25, 0.3) is 0 Å². The molecule has 0 fully saturated rings. The van der Waals surface area contributed by atoms with E-state index in [4.69, 9.17) is 9.47 Å². The lowest BCUT2D eigenvalue weighted by Gasteiger charge is -2.15. The quantitative estimate of drug-likeness (QED) is 0.796. The Morgan fingerprint density at radius 1 is 1.12 bits per heavy atom. The number of benzene rings is 1. The fourth-order valence-electron chi connectivity index (χ4n) is 1.20. The maximum absolute atomic E-state index is 12.4. The molecule has 0 radical (unpaired) electrons. The summed E-state index contributed by atoms with van der Waals surface area (Å²) in [6.45, 7) is 3.47. The molecule has 1 aromatic carbocycles. The van der Waals surface area contributed by atoms with Gasteiger partial charge in [-0.05, 0) is 32.0 Å². The molecule has 0 aliphatic rings. The molecular formula is C11H13F3O2. The zero-order valence-corrected chi connectivity index (χ0v) is 9.26. The molecule has 0 unspecified atom stereocenters. The first-order valence-electron chi connectivity index (χ1n) is 4.76. The second kappa shape index (κ2) is 4.63. The highest BCUT2D eigenvalue weighted by molar-refractivity contribution is 5.43. The molecule has 16 heavy (non-hydrogen) atoms. The van der Waals surface area contributed by atoms with Gasteiger partial charge in [0.05, 0.1) is 18.8 Å². The molecule has 90 valence electrons.